The summed E-state index contributed by atoms with van der Waals surface area (Å²) in [6, 6.07) is 5.81. The summed E-state index contributed by atoms with van der Waals surface area (Å²) in [5, 5.41) is 0. The van der Waals surface area contributed by atoms with Crippen LogP contribution in [0.5, 0.6) is 0 Å². The fraction of sp³-hybridized carbons (Fsp3) is 0.308. The molecule has 6 heteroatoms. The number of aromatic nitrogens is 1. The Bertz CT molecular complexity index is 679. The Kier molecular flexibility index (Phi) is 3.28. The number of benzene rings is 1. The first-order valence-corrected chi connectivity index (χ1v) is 8.54. The number of aryl methyl sites for hydroxylation is 2. The fourth-order valence-corrected chi connectivity index (χ4v) is 4.18. The van der Waals surface area contributed by atoms with E-state index in [1.807, 2.05) is 18.2 Å². The minimum Gasteiger partial charge on any atom is -0.279 e. The van der Waals surface area contributed by atoms with Crippen LogP contribution in [0.4, 0.5) is 5.69 Å². The summed E-state index contributed by atoms with van der Waals surface area (Å²) >= 11 is 1.12. The van der Waals surface area contributed by atoms with Crippen molar-refractivity contribution in [1.82, 2.24) is 4.98 Å². The second kappa shape index (κ2) is 4.94. The third kappa shape index (κ3) is 2.64. The predicted octanol–water partition coefficient (Wildman–Crippen LogP) is 2.82. The van der Waals surface area contributed by atoms with Crippen LogP contribution in [0, 0.1) is 0 Å². The van der Waals surface area contributed by atoms with Gasteiger partial charge in [-0.25, -0.2) is 8.42 Å². The third-order valence-electron chi connectivity index (χ3n) is 3.28. The lowest BCUT2D eigenvalue weighted by atomic mass is 9.91. The first kappa shape index (κ1) is 12.6. The van der Waals surface area contributed by atoms with Crippen molar-refractivity contribution < 1.29 is 8.42 Å². The molecule has 0 saturated heterocycles. The summed E-state index contributed by atoms with van der Waals surface area (Å²) in [6.07, 6.45) is 5.89. The number of hydrogen-bond donors (Lipinski definition) is 1. The first-order valence-electron chi connectivity index (χ1n) is 6.18. The highest BCUT2D eigenvalue weighted by atomic mass is 32.2. The average Bonchev–Trinajstić information content (AvgIpc) is 2.93. The molecule has 0 radical (unpaired) electrons. The van der Waals surface area contributed by atoms with Gasteiger partial charge in [-0.3, -0.25) is 9.71 Å². The van der Waals surface area contributed by atoms with E-state index < -0.39 is 10.0 Å². The minimum absolute atomic E-state index is 0.241. The topological polar surface area (TPSA) is 59.1 Å². The van der Waals surface area contributed by atoms with Crippen LogP contribution < -0.4 is 4.72 Å². The molecule has 3 rings (SSSR count). The smallest absolute Gasteiger partial charge is 0.273 e. The molecule has 100 valence electrons. The molecule has 1 N–H and O–H groups in total. The van der Waals surface area contributed by atoms with E-state index in [2.05, 4.69) is 9.71 Å². The third-order valence-corrected chi connectivity index (χ3v) is 5.93. The molecule has 1 aliphatic rings. The maximum Gasteiger partial charge on any atom is 0.273 e. The van der Waals surface area contributed by atoms with Gasteiger partial charge in [-0.05, 0) is 48.9 Å². The number of nitrogens with zero attached hydrogens (tertiary/aromatic N) is 1. The van der Waals surface area contributed by atoms with Crippen LogP contribution in [0.3, 0.4) is 0 Å². The molecule has 1 heterocycles. The van der Waals surface area contributed by atoms with Gasteiger partial charge in [0.1, 0.15) is 0 Å². The van der Waals surface area contributed by atoms with E-state index in [-0.39, 0.29) is 4.21 Å². The zero-order valence-electron chi connectivity index (χ0n) is 10.3. The monoisotopic (exact) mass is 294 g/mol. The molecular weight excluding hydrogens is 280 g/mol. The van der Waals surface area contributed by atoms with Gasteiger partial charge in [-0.15, -0.1) is 11.3 Å². The average molecular weight is 294 g/mol. The molecule has 1 aromatic heterocycles. The van der Waals surface area contributed by atoms with E-state index in [0.29, 0.717) is 5.69 Å². The molecule has 1 aromatic carbocycles. The Labute approximate surface area is 116 Å². The van der Waals surface area contributed by atoms with Gasteiger partial charge in [0, 0.05) is 5.69 Å². The summed E-state index contributed by atoms with van der Waals surface area (Å²) < 4.78 is 27.0. The molecule has 0 unspecified atom stereocenters. The molecule has 0 fully saturated rings. The molecule has 19 heavy (non-hydrogen) atoms. The van der Waals surface area contributed by atoms with Crippen LogP contribution in [0.2, 0.25) is 0 Å². The zero-order chi connectivity index (χ0) is 13.3. The Morgan fingerprint density at radius 3 is 2.68 bits per heavy atom. The summed E-state index contributed by atoms with van der Waals surface area (Å²) in [5.41, 5.74) is 4.75. The van der Waals surface area contributed by atoms with Gasteiger partial charge in [0.15, 0.2) is 4.21 Å². The molecule has 0 spiro atoms. The van der Waals surface area contributed by atoms with Crippen molar-refractivity contribution >= 4 is 27.0 Å². The van der Waals surface area contributed by atoms with Crippen molar-refractivity contribution in [1.29, 1.82) is 0 Å². The van der Waals surface area contributed by atoms with Crippen molar-refractivity contribution in [2.24, 2.45) is 0 Å². The lowest BCUT2D eigenvalue weighted by molar-refractivity contribution is 0.603. The molecule has 4 nitrogen and oxygen atoms in total. The zero-order valence-corrected chi connectivity index (χ0v) is 11.9. The van der Waals surface area contributed by atoms with Gasteiger partial charge in [-0.2, -0.15) is 0 Å². The van der Waals surface area contributed by atoms with Crippen LogP contribution in [0.15, 0.2) is 34.1 Å². The number of thiazole rings is 1. The van der Waals surface area contributed by atoms with Crippen molar-refractivity contribution in [2.45, 2.75) is 29.9 Å². The lowest BCUT2D eigenvalue weighted by Gasteiger charge is -2.16. The number of hydrogen-bond acceptors (Lipinski definition) is 4. The van der Waals surface area contributed by atoms with Crippen LogP contribution in [0.1, 0.15) is 24.0 Å². The van der Waals surface area contributed by atoms with E-state index in [4.69, 9.17) is 0 Å². The van der Waals surface area contributed by atoms with Crippen LogP contribution >= 0.6 is 11.3 Å². The van der Waals surface area contributed by atoms with E-state index >= 15 is 0 Å². The summed E-state index contributed by atoms with van der Waals surface area (Å²) in [5.74, 6) is 0. The molecule has 0 saturated carbocycles. The second-order valence-electron chi connectivity index (χ2n) is 4.62. The van der Waals surface area contributed by atoms with E-state index in [1.54, 1.807) is 0 Å². The highest BCUT2D eigenvalue weighted by Crippen LogP contribution is 2.26. The number of nitrogens with one attached hydrogen (secondary N) is 1. The maximum atomic E-state index is 12.1. The number of anilines is 1. The van der Waals surface area contributed by atoms with Crippen molar-refractivity contribution in [3.05, 3.63) is 41.0 Å². The number of fused-ring (bicyclic) bond motifs is 1. The molecule has 0 atom stereocenters. The number of rotatable bonds is 3. The normalized spacial score (nSPS) is 14.9. The highest BCUT2D eigenvalue weighted by molar-refractivity contribution is 7.94. The van der Waals surface area contributed by atoms with Gasteiger partial charge in [0.2, 0.25) is 0 Å². The van der Waals surface area contributed by atoms with Gasteiger partial charge < -0.3 is 0 Å². The maximum absolute atomic E-state index is 12.1. The van der Waals surface area contributed by atoms with E-state index in [0.717, 1.165) is 24.2 Å². The van der Waals surface area contributed by atoms with E-state index in [1.165, 1.54) is 35.7 Å². The Balaban J connectivity index is 1.88. The first-order chi connectivity index (χ1) is 9.15. The highest BCUT2D eigenvalue weighted by Gasteiger charge is 2.17. The van der Waals surface area contributed by atoms with Crippen LogP contribution in [-0.2, 0) is 22.9 Å². The van der Waals surface area contributed by atoms with Crippen LogP contribution in [-0.4, -0.2) is 13.4 Å². The number of sulfonamides is 1. The van der Waals surface area contributed by atoms with Crippen LogP contribution in [0.25, 0.3) is 0 Å². The quantitative estimate of drug-likeness (QED) is 0.947. The Hall–Kier alpha value is -1.40. The Morgan fingerprint density at radius 1 is 1.16 bits per heavy atom. The lowest BCUT2D eigenvalue weighted by Crippen LogP contribution is -2.12. The molecule has 2 aromatic rings. The minimum atomic E-state index is -3.49. The van der Waals surface area contributed by atoms with Gasteiger partial charge in [0.25, 0.3) is 10.0 Å². The molecule has 1 aliphatic carbocycles. The molecule has 0 aliphatic heterocycles. The van der Waals surface area contributed by atoms with Crippen molar-refractivity contribution in [2.75, 3.05) is 4.72 Å². The fourth-order valence-electron chi connectivity index (χ4n) is 2.34. The standard InChI is InChI=1S/C13H14N2O2S2/c16-19(17,13-8-14-9-18-13)15-12-6-5-10-3-1-2-4-11(10)7-12/h5-9,15H,1-4H2. The largest absolute Gasteiger partial charge is 0.279 e. The predicted molar refractivity (Wildman–Crippen MR) is 76.0 cm³/mol. The molecule has 0 amide bonds. The molecule has 0 bridgehead atoms. The van der Waals surface area contributed by atoms with Crippen molar-refractivity contribution in [3.8, 4) is 0 Å². The second-order valence-corrected chi connectivity index (χ2v) is 7.41. The van der Waals surface area contributed by atoms with Gasteiger partial charge in [-0.1, -0.05) is 6.07 Å². The van der Waals surface area contributed by atoms with Gasteiger partial charge in [0.05, 0.1) is 11.7 Å². The van der Waals surface area contributed by atoms with Crippen molar-refractivity contribution in [3.63, 3.8) is 0 Å². The molecular formula is C13H14N2O2S2. The SMILES string of the molecule is O=S(=O)(Nc1ccc2c(c1)CCCC2)c1cncs1. The van der Waals surface area contributed by atoms with Gasteiger partial charge >= 0.3 is 0 Å². The summed E-state index contributed by atoms with van der Waals surface area (Å²) in [7, 11) is -3.49. The summed E-state index contributed by atoms with van der Waals surface area (Å²) in [4.78, 5) is 3.80. The van der Waals surface area contributed by atoms with E-state index in [9.17, 15) is 8.42 Å². The summed E-state index contributed by atoms with van der Waals surface area (Å²) in [6.45, 7) is 0. The Morgan fingerprint density at radius 2 is 1.95 bits per heavy atom.